The van der Waals surface area contributed by atoms with E-state index in [0.29, 0.717) is 11.8 Å². The lowest BCUT2D eigenvalue weighted by molar-refractivity contribution is 0.0732. The van der Waals surface area contributed by atoms with Gasteiger partial charge in [0.25, 0.3) is 5.91 Å². The van der Waals surface area contributed by atoms with Crippen molar-refractivity contribution in [2.45, 2.75) is 31.7 Å². The van der Waals surface area contributed by atoms with Gasteiger partial charge in [0, 0.05) is 17.9 Å². The first kappa shape index (κ1) is 13.9. The summed E-state index contributed by atoms with van der Waals surface area (Å²) in [6.07, 6.45) is 4.46. The van der Waals surface area contributed by atoms with Gasteiger partial charge in [-0.05, 0) is 37.1 Å². The number of amides is 1. The lowest BCUT2D eigenvalue weighted by Gasteiger charge is -2.24. The van der Waals surface area contributed by atoms with Crippen molar-refractivity contribution in [1.29, 1.82) is 0 Å². The molecule has 1 saturated heterocycles. The maximum Gasteiger partial charge on any atom is 0.267 e. The third kappa shape index (κ3) is 2.88. The molecule has 0 radical (unpaired) electrons. The molecule has 0 saturated carbocycles. The molecule has 2 heterocycles. The van der Waals surface area contributed by atoms with E-state index in [9.17, 15) is 4.79 Å². The number of rotatable bonds is 5. The monoisotopic (exact) mass is 331 g/mol. The van der Waals surface area contributed by atoms with Crippen LogP contribution in [0.25, 0.3) is 0 Å². The minimum Gasteiger partial charge on any atom is -0.495 e. The van der Waals surface area contributed by atoms with Crippen molar-refractivity contribution >= 4 is 33.2 Å². The normalized spacial score (nSPS) is 19.2. The molecule has 3 nitrogen and oxygen atoms in total. The molecule has 1 aliphatic heterocycles. The quantitative estimate of drug-likeness (QED) is 0.772. The Morgan fingerprint density at radius 1 is 1.67 bits per heavy atom. The van der Waals surface area contributed by atoms with Crippen LogP contribution < -0.4 is 4.74 Å². The molecule has 1 amide bonds. The van der Waals surface area contributed by atoms with E-state index in [0.717, 1.165) is 42.4 Å². The largest absolute Gasteiger partial charge is 0.495 e. The highest BCUT2D eigenvalue weighted by Gasteiger charge is 2.30. The number of ether oxygens (including phenoxy) is 1. The number of alkyl halides is 1. The Labute approximate surface area is 120 Å². The van der Waals surface area contributed by atoms with Crippen molar-refractivity contribution in [1.82, 2.24) is 4.90 Å². The van der Waals surface area contributed by atoms with E-state index in [-0.39, 0.29) is 5.91 Å². The second-order valence-corrected chi connectivity index (χ2v) is 6.15. The lowest BCUT2D eigenvalue weighted by atomic mass is 10.1. The highest BCUT2D eigenvalue weighted by molar-refractivity contribution is 9.09. The molecule has 0 spiro atoms. The fourth-order valence-corrected chi connectivity index (χ4v) is 3.60. The number of hydrogen-bond acceptors (Lipinski definition) is 3. The van der Waals surface area contributed by atoms with Crippen LogP contribution in [0.3, 0.4) is 0 Å². The van der Waals surface area contributed by atoms with Gasteiger partial charge in [-0.2, -0.15) is 0 Å². The number of methoxy groups -OCH3 is 1. The molecule has 1 aromatic heterocycles. The number of carbonyl (C=O) groups excluding carboxylic acids is 1. The van der Waals surface area contributed by atoms with Crippen LogP contribution in [0.2, 0.25) is 0 Å². The summed E-state index contributed by atoms with van der Waals surface area (Å²) in [5.41, 5.74) is 0. The van der Waals surface area contributed by atoms with Crippen molar-refractivity contribution in [3.05, 3.63) is 16.3 Å². The minimum absolute atomic E-state index is 0.138. The molecule has 2 rings (SSSR count). The van der Waals surface area contributed by atoms with Crippen molar-refractivity contribution in [2.24, 2.45) is 0 Å². The lowest BCUT2D eigenvalue weighted by Crippen LogP contribution is -2.35. The van der Waals surface area contributed by atoms with E-state index in [4.69, 9.17) is 4.74 Å². The summed E-state index contributed by atoms with van der Waals surface area (Å²) in [6.45, 7) is 0.882. The highest BCUT2D eigenvalue weighted by atomic mass is 79.9. The highest BCUT2D eigenvalue weighted by Crippen LogP contribution is 2.30. The fraction of sp³-hybridized carbons (Fsp3) is 0.615. The molecule has 1 fully saturated rings. The van der Waals surface area contributed by atoms with E-state index in [2.05, 4.69) is 15.9 Å². The molecule has 5 heteroatoms. The average Bonchev–Trinajstić information content (AvgIpc) is 3.03. The standard InChI is InChI=1S/C13H18BrNO2S/c1-17-11-6-9-18-12(11)13(16)15-8-3-5-10(15)4-2-7-14/h6,9-10H,2-5,7-8H2,1H3. The summed E-state index contributed by atoms with van der Waals surface area (Å²) in [6, 6.07) is 2.27. The third-order valence-electron chi connectivity index (χ3n) is 3.35. The summed E-state index contributed by atoms with van der Waals surface area (Å²) >= 11 is 4.92. The number of halogens is 1. The van der Waals surface area contributed by atoms with Gasteiger partial charge >= 0.3 is 0 Å². The maximum absolute atomic E-state index is 12.5. The molecule has 0 bridgehead atoms. The second-order valence-electron chi connectivity index (χ2n) is 4.44. The smallest absolute Gasteiger partial charge is 0.267 e. The molecule has 18 heavy (non-hydrogen) atoms. The number of likely N-dealkylation sites (tertiary alicyclic amines) is 1. The van der Waals surface area contributed by atoms with E-state index in [1.807, 2.05) is 16.3 Å². The SMILES string of the molecule is COc1ccsc1C(=O)N1CCCC1CCCBr. The molecule has 1 atom stereocenters. The first-order valence-corrected chi connectivity index (χ1v) is 8.26. The summed E-state index contributed by atoms with van der Waals surface area (Å²) in [4.78, 5) is 15.3. The van der Waals surface area contributed by atoms with Crippen molar-refractivity contribution in [3.8, 4) is 5.75 Å². The Morgan fingerprint density at radius 2 is 2.50 bits per heavy atom. The Kier molecular flexibility index (Phi) is 5.06. The topological polar surface area (TPSA) is 29.5 Å². The summed E-state index contributed by atoms with van der Waals surface area (Å²) < 4.78 is 5.24. The van der Waals surface area contributed by atoms with Gasteiger partial charge in [0.2, 0.25) is 0 Å². The van der Waals surface area contributed by atoms with Gasteiger partial charge in [-0.15, -0.1) is 11.3 Å². The number of hydrogen-bond donors (Lipinski definition) is 0. The second kappa shape index (κ2) is 6.57. The molecular formula is C13H18BrNO2S. The summed E-state index contributed by atoms with van der Waals surface area (Å²) in [7, 11) is 1.62. The van der Waals surface area contributed by atoms with Crippen molar-refractivity contribution in [2.75, 3.05) is 19.0 Å². The first-order chi connectivity index (χ1) is 8.77. The zero-order valence-electron chi connectivity index (χ0n) is 10.5. The zero-order chi connectivity index (χ0) is 13.0. The zero-order valence-corrected chi connectivity index (χ0v) is 12.9. The maximum atomic E-state index is 12.5. The minimum atomic E-state index is 0.138. The Morgan fingerprint density at radius 3 is 3.22 bits per heavy atom. The van der Waals surface area contributed by atoms with E-state index in [1.165, 1.54) is 11.3 Å². The summed E-state index contributed by atoms with van der Waals surface area (Å²) in [5.74, 6) is 0.843. The van der Waals surface area contributed by atoms with Gasteiger partial charge in [0.05, 0.1) is 7.11 Å². The van der Waals surface area contributed by atoms with E-state index < -0.39 is 0 Å². The van der Waals surface area contributed by atoms with Crippen LogP contribution in [0.5, 0.6) is 5.75 Å². The molecule has 1 unspecified atom stereocenters. The Hall–Kier alpha value is -0.550. The van der Waals surface area contributed by atoms with Gasteiger partial charge in [0.1, 0.15) is 10.6 Å². The Bertz CT molecular complexity index is 407. The molecule has 1 aliphatic rings. The van der Waals surface area contributed by atoms with E-state index in [1.54, 1.807) is 7.11 Å². The van der Waals surface area contributed by atoms with Crippen LogP contribution in [0.4, 0.5) is 0 Å². The fourth-order valence-electron chi connectivity index (χ4n) is 2.46. The third-order valence-corrected chi connectivity index (χ3v) is 4.80. The van der Waals surface area contributed by atoms with Gasteiger partial charge in [-0.3, -0.25) is 4.79 Å². The number of carbonyl (C=O) groups is 1. The predicted octanol–water partition coefficient (Wildman–Crippen LogP) is 3.54. The van der Waals surface area contributed by atoms with Gasteiger partial charge in [-0.25, -0.2) is 0 Å². The summed E-state index contributed by atoms with van der Waals surface area (Å²) in [5, 5.41) is 2.92. The van der Waals surface area contributed by atoms with E-state index >= 15 is 0 Å². The average molecular weight is 332 g/mol. The molecular weight excluding hydrogens is 314 g/mol. The molecule has 0 N–H and O–H groups in total. The van der Waals surface area contributed by atoms with Crippen LogP contribution in [0.1, 0.15) is 35.4 Å². The van der Waals surface area contributed by atoms with Crippen LogP contribution in [0.15, 0.2) is 11.4 Å². The first-order valence-electron chi connectivity index (χ1n) is 6.26. The van der Waals surface area contributed by atoms with Gasteiger partial charge < -0.3 is 9.64 Å². The van der Waals surface area contributed by atoms with Crippen LogP contribution in [-0.4, -0.2) is 35.8 Å². The van der Waals surface area contributed by atoms with Crippen LogP contribution in [-0.2, 0) is 0 Å². The Balaban J connectivity index is 2.08. The molecule has 0 aromatic carbocycles. The van der Waals surface area contributed by atoms with Gasteiger partial charge in [-0.1, -0.05) is 15.9 Å². The van der Waals surface area contributed by atoms with Gasteiger partial charge in [0.15, 0.2) is 0 Å². The number of thiophene rings is 1. The number of nitrogens with zero attached hydrogens (tertiary/aromatic N) is 1. The van der Waals surface area contributed by atoms with Crippen molar-refractivity contribution < 1.29 is 9.53 Å². The molecule has 100 valence electrons. The molecule has 0 aliphatic carbocycles. The molecule has 1 aromatic rings. The van der Waals surface area contributed by atoms with Crippen LogP contribution >= 0.6 is 27.3 Å². The van der Waals surface area contributed by atoms with Crippen LogP contribution in [0, 0.1) is 0 Å². The van der Waals surface area contributed by atoms with Crippen molar-refractivity contribution in [3.63, 3.8) is 0 Å². The predicted molar refractivity (Wildman–Crippen MR) is 78.0 cm³/mol.